The van der Waals surface area contributed by atoms with Gasteiger partial charge >= 0.3 is 0 Å². The van der Waals surface area contributed by atoms with Gasteiger partial charge in [0.15, 0.2) is 0 Å². The molecule has 0 unspecified atom stereocenters. The van der Waals surface area contributed by atoms with Crippen molar-refractivity contribution in [3.8, 4) is 44.5 Å². The highest BCUT2D eigenvalue weighted by Gasteiger charge is 2.16. The van der Waals surface area contributed by atoms with Crippen molar-refractivity contribution in [3.63, 3.8) is 0 Å². The Morgan fingerprint density at radius 3 is 1.00 bits per heavy atom. The van der Waals surface area contributed by atoms with Crippen molar-refractivity contribution in [2.24, 2.45) is 0 Å². The number of nitrogens with zero attached hydrogens (tertiary/aromatic N) is 2. The van der Waals surface area contributed by atoms with E-state index in [9.17, 15) is 0 Å². The summed E-state index contributed by atoms with van der Waals surface area (Å²) < 4.78 is 0. The van der Waals surface area contributed by atoms with Gasteiger partial charge in [0.25, 0.3) is 0 Å². The molecule has 7 aromatic rings. The van der Waals surface area contributed by atoms with Crippen LogP contribution in [0.5, 0.6) is 0 Å². The zero-order valence-electron chi connectivity index (χ0n) is 22.6. The summed E-state index contributed by atoms with van der Waals surface area (Å²) in [5.74, 6) is 0. The first-order valence-electron chi connectivity index (χ1n) is 13.7. The van der Waals surface area contributed by atoms with E-state index in [1.807, 2.05) is 26.2 Å². The Labute approximate surface area is 234 Å². The molecule has 0 saturated carbocycles. The van der Waals surface area contributed by atoms with E-state index in [4.69, 9.17) is 0 Å². The smallest absolute Gasteiger partial charge is 0.0378 e. The van der Waals surface area contributed by atoms with Crippen LogP contribution >= 0.6 is 0 Å². The minimum atomic E-state index is 1.03. The van der Waals surface area contributed by atoms with Gasteiger partial charge < -0.3 is 0 Å². The van der Waals surface area contributed by atoms with Gasteiger partial charge in [-0.2, -0.15) is 0 Å². The number of aromatic nitrogens is 2. The Bertz CT molecular complexity index is 1800. The second kappa shape index (κ2) is 9.91. The first kappa shape index (κ1) is 24.0. The Hall–Kier alpha value is -5.08. The van der Waals surface area contributed by atoms with Crippen LogP contribution in [0.15, 0.2) is 134 Å². The number of benzene rings is 5. The summed E-state index contributed by atoms with van der Waals surface area (Å²) in [5.41, 5.74) is 11.8. The fourth-order valence-electron chi connectivity index (χ4n) is 5.86. The average Bonchev–Trinajstić information content (AvgIpc) is 3.00. The highest BCUT2D eigenvalue weighted by atomic mass is 14.7. The third kappa shape index (κ3) is 4.24. The van der Waals surface area contributed by atoms with Gasteiger partial charge in [0.05, 0.1) is 0 Å². The van der Waals surface area contributed by atoms with Crippen LogP contribution in [-0.2, 0) is 0 Å². The lowest BCUT2D eigenvalue weighted by Gasteiger charge is -2.18. The molecular weight excluding hydrogens is 484 g/mol. The number of rotatable bonds is 4. The number of pyridine rings is 2. The molecule has 0 N–H and O–H groups in total. The lowest BCUT2D eigenvalue weighted by Crippen LogP contribution is -1.91. The fraction of sp³-hybridized carbons (Fsp3) is 0.0526. The van der Waals surface area contributed by atoms with Crippen molar-refractivity contribution < 1.29 is 0 Å². The molecule has 2 aromatic heterocycles. The molecule has 2 nitrogen and oxygen atoms in total. The molecule has 2 heteroatoms. The molecule has 0 spiro atoms. The van der Waals surface area contributed by atoms with E-state index in [1.165, 1.54) is 66.1 Å². The topological polar surface area (TPSA) is 25.8 Å². The van der Waals surface area contributed by atoms with Gasteiger partial charge in [0.1, 0.15) is 0 Å². The average molecular weight is 513 g/mol. The molecule has 0 radical (unpaired) electrons. The minimum absolute atomic E-state index is 1.03. The largest absolute Gasteiger partial charge is 0.262 e. The highest BCUT2D eigenvalue weighted by molar-refractivity contribution is 6.21. The summed E-state index contributed by atoms with van der Waals surface area (Å²) in [4.78, 5) is 8.71. The molecule has 0 fully saturated rings. The predicted molar refractivity (Wildman–Crippen MR) is 168 cm³/mol. The maximum atomic E-state index is 4.35. The van der Waals surface area contributed by atoms with Gasteiger partial charge in [-0.1, -0.05) is 97.1 Å². The van der Waals surface area contributed by atoms with Crippen LogP contribution < -0.4 is 0 Å². The van der Waals surface area contributed by atoms with E-state index in [-0.39, 0.29) is 0 Å². The normalized spacial score (nSPS) is 11.2. The highest BCUT2D eigenvalue weighted by Crippen LogP contribution is 2.44. The quantitative estimate of drug-likeness (QED) is 0.219. The molecule has 7 rings (SSSR count). The summed E-state index contributed by atoms with van der Waals surface area (Å²) in [7, 11) is 0. The van der Waals surface area contributed by atoms with E-state index < -0.39 is 0 Å². The van der Waals surface area contributed by atoms with Crippen LogP contribution in [0.25, 0.3) is 66.1 Å². The summed E-state index contributed by atoms with van der Waals surface area (Å²) in [6, 6.07) is 43.9. The van der Waals surface area contributed by atoms with Crippen molar-refractivity contribution in [1.29, 1.82) is 0 Å². The van der Waals surface area contributed by atoms with Crippen molar-refractivity contribution in [1.82, 2.24) is 9.97 Å². The van der Waals surface area contributed by atoms with Gasteiger partial charge in [-0.25, -0.2) is 0 Å². The third-order valence-electron chi connectivity index (χ3n) is 7.74. The molecule has 40 heavy (non-hydrogen) atoms. The molecule has 2 heterocycles. The Morgan fingerprint density at radius 1 is 0.350 bits per heavy atom. The lowest BCUT2D eigenvalue weighted by molar-refractivity contribution is 1.20. The van der Waals surface area contributed by atoms with Gasteiger partial charge in [0.2, 0.25) is 0 Å². The number of fused-ring (bicyclic) bond motifs is 2. The van der Waals surface area contributed by atoms with Gasteiger partial charge in [-0.3, -0.25) is 9.97 Å². The van der Waals surface area contributed by atoms with E-state index >= 15 is 0 Å². The minimum Gasteiger partial charge on any atom is -0.262 e. The van der Waals surface area contributed by atoms with Crippen LogP contribution in [0.4, 0.5) is 0 Å². The van der Waals surface area contributed by atoms with E-state index in [0.29, 0.717) is 0 Å². The Balaban J connectivity index is 1.40. The van der Waals surface area contributed by atoms with Crippen LogP contribution in [-0.4, -0.2) is 9.97 Å². The first-order chi connectivity index (χ1) is 19.7. The fourth-order valence-corrected chi connectivity index (χ4v) is 5.86. The molecule has 0 bridgehead atoms. The SMILES string of the molecule is Cc1cc(-c2ccc(-c3c4ccccc4c(-c4ccc(-c5ccnc(C)c5)cc4)c4ccccc34)cc2)ccn1. The monoisotopic (exact) mass is 512 g/mol. The third-order valence-corrected chi connectivity index (χ3v) is 7.74. The van der Waals surface area contributed by atoms with Gasteiger partial charge in [-0.05, 0) is 104 Å². The number of hydrogen-bond acceptors (Lipinski definition) is 2. The predicted octanol–water partition coefficient (Wildman–Crippen LogP) is 10.1. The van der Waals surface area contributed by atoms with Crippen LogP contribution in [0, 0.1) is 13.8 Å². The number of hydrogen-bond donors (Lipinski definition) is 0. The van der Waals surface area contributed by atoms with Crippen LogP contribution in [0.2, 0.25) is 0 Å². The van der Waals surface area contributed by atoms with Crippen molar-refractivity contribution in [2.45, 2.75) is 13.8 Å². The van der Waals surface area contributed by atoms with E-state index in [2.05, 4.69) is 131 Å². The Kier molecular flexibility index (Phi) is 5.94. The van der Waals surface area contributed by atoms with Gasteiger partial charge in [0, 0.05) is 23.8 Å². The number of aryl methyl sites for hydroxylation is 2. The Morgan fingerprint density at radius 2 is 0.675 bits per heavy atom. The van der Waals surface area contributed by atoms with Crippen molar-refractivity contribution in [3.05, 3.63) is 145 Å². The molecule has 0 aliphatic heterocycles. The van der Waals surface area contributed by atoms with Crippen LogP contribution in [0.3, 0.4) is 0 Å². The van der Waals surface area contributed by atoms with Crippen molar-refractivity contribution >= 4 is 21.5 Å². The molecule has 0 aliphatic carbocycles. The van der Waals surface area contributed by atoms with E-state index in [1.54, 1.807) is 0 Å². The standard InChI is InChI=1S/C38H28N2/c1-25-23-31(19-21-39-25)27-11-15-29(16-12-27)37-33-7-3-5-9-35(33)38(36-10-6-4-8-34(36)37)30-17-13-28(14-18-30)32-20-22-40-26(2)24-32/h3-24H,1-2H3. The maximum Gasteiger partial charge on any atom is 0.0378 e. The van der Waals surface area contributed by atoms with Crippen LogP contribution in [0.1, 0.15) is 11.4 Å². The lowest BCUT2D eigenvalue weighted by atomic mass is 9.85. The second-order valence-electron chi connectivity index (χ2n) is 10.4. The molecule has 5 aromatic carbocycles. The van der Waals surface area contributed by atoms with Gasteiger partial charge in [-0.15, -0.1) is 0 Å². The maximum absolute atomic E-state index is 4.35. The molecule has 190 valence electrons. The molecule has 0 aliphatic rings. The summed E-state index contributed by atoms with van der Waals surface area (Å²) in [6.07, 6.45) is 3.76. The zero-order chi connectivity index (χ0) is 27.1. The molecular formula is C38H28N2. The first-order valence-corrected chi connectivity index (χ1v) is 13.7. The molecule has 0 saturated heterocycles. The summed E-state index contributed by atoms with van der Waals surface area (Å²) >= 11 is 0. The molecule has 0 atom stereocenters. The zero-order valence-corrected chi connectivity index (χ0v) is 22.6. The van der Waals surface area contributed by atoms with Crippen molar-refractivity contribution in [2.75, 3.05) is 0 Å². The summed E-state index contributed by atoms with van der Waals surface area (Å²) in [6.45, 7) is 4.07. The molecule has 0 amide bonds. The van der Waals surface area contributed by atoms with E-state index in [0.717, 1.165) is 11.4 Å². The second-order valence-corrected chi connectivity index (χ2v) is 10.4. The summed E-state index contributed by atoms with van der Waals surface area (Å²) in [5, 5.41) is 5.05.